The summed E-state index contributed by atoms with van der Waals surface area (Å²) in [4.78, 5) is 12.1. The molecule has 0 aliphatic heterocycles. The summed E-state index contributed by atoms with van der Waals surface area (Å²) in [5, 5.41) is 2.98. The van der Waals surface area contributed by atoms with Gasteiger partial charge in [0.05, 0.1) is 11.3 Å². The van der Waals surface area contributed by atoms with E-state index in [1.54, 1.807) is 0 Å². The fourth-order valence-electron chi connectivity index (χ4n) is 2.56. The Hall–Kier alpha value is -1.02. The van der Waals surface area contributed by atoms with Crippen LogP contribution in [0.25, 0.3) is 0 Å². The predicted molar refractivity (Wildman–Crippen MR) is 79.6 cm³/mol. The smallest absolute Gasteiger partial charge is 0.227 e. The molecule has 0 heterocycles. The minimum absolute atomic E-state index is 0.000676. The second kappa shape index (κ2) is 5.54. The van der Waals surface area contributed by atoms with Crippen molar-refractivity contribution < 1.29 is 4.79 Å². The summed E-state index contributed by atoms with van der Waals surface area (Å²) in [6.45, 7) is 7.03. The van der Waals surface area contributed by atoms with Crippen LogP contribution in [0.2, 0.25) is 0 Å². The Kier molecular flexibility index (Phi) is 4.19. The van der Waals surface area contributed by atoms with Crippen LogP contribution in [0.15, 0.2) is 24.3 Å². The van der Waals surface area contributed by atoms with Gasteiger partial charge >= 0.3 is 0 Å². The quantitative estimate of drug-likeness (QED) is 0.840. The predicted octanol–water partition coefficient (Wildman–Crippen LogP) is 3.49. The summed E-state index contributed by atoms with van der Waals surface area (Å²) in [5.41, 5.74) is 2.65. The number of fused-ring (bicyclic) bond motifs is 1. The molecular formula is C16H22ClNO. The molecule has 1 aromatic carbocycles. The molecule has 1 aliphatic carbocycles. The number of hydrogen-bond donors (Lipinski definition) is 1. The highest BCUT2D eigenvalue weighted by molar-refractivity contribution is 6.20. The van der Waals surface area contributed by atoms with E-state index in [1.807, 2.05) is 18.2 Å². The van der Waals surface area contributed by atoms with Crippen LogP contribution in [0.5, 0.6) is 0 Å². The zero-order valence-electron chi connectivity index (χ0n) is 11.9. The Balaban J connectivity index is 1.81. The summed E-state index contributed by atoms with van der Waals surface area (Å²) in [7, 11) is 0. The standard InChI is InChI=1S/C16H22ClNO/c1-16(2,3)9-12(17)10-18-15(19)14-8-11-6-4-5-7-13(11)14/h4-7,12,14H,8-10H2,1-3H3,(H,18,19). The lowest BCUT2D eigenvalue weighted by atomic mass is 9.77. The van der Waals surface area contributed by atoms with Crippen molar-refractivity contribution in [1.82, 2.24) is 5.32 Å². The number of amides is 1. The van der Waals surface area contributed by atoms with Gasteiger partial charge in [-0.05, 0) is 29.4 Å². The molecule has 19 heavy (non-hydrogen) atoms. The molecule has 0 fully saturated rings. The van der Waals surface area contributed by atoms with Crippen LogP contribution in [0.4, 0.5) is 0 Å². The average molecular weight is 280 g/mol. The number of hydrogen-bond acceptors (Lipinski definition) is 1. The van der Waals surface area contributed by atoms with Crippen molar-refractivity contribution in [3.63, 3.8) is 0 Å². The third-order valence-electron chi connectivity index (χ3n) is 3.50. The van der Waals surface area contributed by atoms with Crippen molar-refractivity contribution in [3.8, 4) is 0 Å². The number of carbonyl (C=O) groups excluding carboxylic acids is 1. The minimum Gasteiger partial charge on any atom is -0.354 e. The lowest BCUT2D eigenvalue weighted by molar-refractivity contribution is -0.123. The van der Waals surface area contributed by atoms with E-state index < -0.39 is 0 Å². The Labute approximate surface area is 120 Å². The lowest BCUT2D eigenvalue weighted by Gasteiger charge is -2.29. The fraction of sp³-hybridized carbons (Fsp3) is 0.562. The van der Waals surface area contributed by atoms with Crippen molar-refractivity contribution in [1.29, 1.82) is 0 Å². The molecule has 0 saturated heterocycles. The minimum atomic E-state index is -0.000676. The van der Waals surface area contributed by atoms with Crippen molar-refractivity contribution >= 4 is 17.5 Å². The van der Waals surface area contributed by atoms with Gasteiger partial charge in [0.25, 0.3) is 0 Å². The molecule has 104 valence electrons. The van der Waals surface area contributed by atoms with Gasteiger partial charge < -0.3 is 5.32 Å². The Morgan fingerprint density at radius 1 is 1.42 bits per heavy atom. The lowest BCUT2D eigenvalue weighted by Crippen LogP contribution is -2.38. The first kappa shape index (κ1) is 14.4. The second-order valence-corrected chi connectivity index (χ2v) is 7.18. The number of alkyl halides is 1. The third kappa shape index (κ3) is 3.73. The normalized spacial score (nSPS) is 19.3. The first-order chi connectivity index (χ1) is 8.87. The molecule has 0 bridgehead atoms. The van der Waals surface area contributed by atoms with Crippen molar-refractivity contribution in [3.05, 3.63) is 35.4 Å². The number of rotatable bonds is 4. The van der Waals surface area contributed by atoms with Gasteiger partial charge in [-0.3, -0.25) is 4.79 Å². The first-order valence-corrected chi connectivity index (χ1v) is 7.30. The van der Waals surface area contributed by atoms with Crippen LogP contribution >= 0.6 is 11.6 Å². The summed E-state index contributed by atoms with van der Waals surface area (Å²) in [5.74, 6) is 0.132. The molecule has 0 aromatic heterocycles. The number of carbonyl (C=O) groups is 1. The van der Waals surface area contributed by atoms with E-state index in [1.165, 1.54) is 11.1 Å². The molecule has 0 spiro atoms. The van der Waals surface area contributed by atoms with Gasteiger partial charge in [-0.2, -0.15) is 0 Å². The van der Waals surface area contributed by atoms with Gasteiger partial charge in [0.15, 0.2) is 0 Å². The number of nitrogens with one attached hydrogen (secondary N) is 1. The molecule has 0 saturated carbocycles. The molecule has 0 radical (unpaired) electrons. The maximum Gasteiger partial charge on any atom is 0.227 e. The van der Waals surface area contributed by atoms with Crippen molar-refractivity contribution in [2.45, 2.75) is 44.9 Å². The summed E-state index contributed by atoms with van der Waals surface area (Å²) >= 11 is 6.26. The highest BCUT2D eigenvalue weighted by Crippen LogP contribution is 2.34. The zero-order valence-corrected chi connectivity index (χ0v) is 12.6. The van der Waals surface area contributed by atoms with E-state index in [0.29, 0.717) is 6.54 Å². The van der Waals surface area contributed by atoms with Gasteiger partial charge in [0.2, 0.25) is 5.91 Å². The number of benzene rings is 1. The van der Waals surface area contributed by atoms with E-state index in [4.69, 9.17) is 11.6 Å². The fourth-order valence-corrected chi connectivity index (χ4v) is 3.10. The molecule has 1 aliphatic rings. The highest BCUT2D eigenvalue weighted by Gasteiger charge is 2.31. The summed E-state index contributed by atoms with van der Waals surface area (Å²) < 4.78 is 0. The summed E-state index contributed by atoms with van der Waals surface area (Å²) in [6, 6.07) is 8.13. The number of halogens is 1. The largest absolute Gasteiger partial charge is 0.354 e. The van der Waals surface area contributed by atoms with Crippen molar-refractivity contribution in [2.24, 2.45) is 5.41 Å². The maximum atomic E-state index is 12.1. The zero-order chi connectivity index (χ0) is 14.0. The molecule has 2 nitrogen and oxygen atoms in total. The molecule has 2 atom stereocenters. The average Bonchev–Trinajstić information content (AvgIpc) is 2.26. The van der Waals surface area contributed by atoms with Crippen LogP contribution in [-0.2, 0) is 11.2 Å². The third-order valence-corrected chi connectivity index (χ3v) is 3.81. The Bertz CT molecular complexity index is 464. The summed E-state index contributed by atoms with van der Waals surface area (Å²) in [6.07, 6.45) is 1.75. The molecule has 1 aromatic rings. The molecular weight excluding hydrogens is 258 g/mol. The van der Waals surface area contributed by atoms with E-state index in [9.17, 15) is 4.79 Å². The first-order valence-electron chi connectivity index (χ1n) is 6.86. The molecule has 2 rings (SSSR count). The monoisotopic (exact) mass is 279 g/mol. The molecule has 3 heteroatoms. The van der Waals surface area contributed by atoms with Crippen LogP contribution in [0.1, 0.15) is 44.2 Å². The Morgan fingerprint density at radius 2 is 2.11 bits per heavy atom. The van der Waals surface area contributed by atoms with Crippen LogP contribution in [0, 0.1) is 5.41 Å². The van der Waals surface area contributed by atoms with Crippen molar-refractivity contribution in [2.75, 3.05) is 6.54 Å². The van der Waals surface area contributed by atoms with E-state index in [-0.39, 0.29) is 22.6 Å². The van der Waals surface area contributed by atoms with E-state index in [0.717, 1.165) is 12.8 Å². The van der Waals surface area contributed by atoms with Gasteiger partial charge in [0, 0.05) is 6.54 Å². The SMILES string of the molecule is CC(C)(C)CC(Cl)CNC(=O)C1Cc2ccccc21. The highest BCUT2D eigenvalue weighted by atomic mass is 35.5. The maximum absolute atomic E-state index is 12.1. The van der Waals surface area contributed by atoms with Gasteiger partial charge in [-0.1, -0.05) is 45.0 Å². The van der Waals surface area contributed by atoms with E-state index >= 15 is 0 Å². The van der Waals surface area contributed by atoms with Crippen LogP contribution in [0.3, 0.4) is 0 Å². The van der Waals surface area contributed by atoms with Crippen LogP contribution < -0.4 is 5.32 Å². The Morgan fingerprint density at radius 3 is 2.74 bits per heavy atom. The second-order valence-electron chi connectivity index (χ2n) is 6.56. The van der Waals surface area contributed by atoms with Gasteiger partial charge in [-0.15, -0.1) is 11.6 Å². The molecule has 2 unspecified atom stereocenters. The van der Waals surface area contributed by atoms with Gasteiger partial charge in [0.1, 0.15) is 0 Å². The molecule has 1 amide bonds. The van der Waals surface area contributed by atoms with E-state index in [2.05, 4.69) is 32.2 Å². The van der Waals surface area contributed by atoms with Crippen LogP contribution in [-0.4, -0.2) is 17.8 Å². The van der Waals surface area contributed by atoms with Gasteiger partial charge in [-0.25, -0.2) is 0 Å². The topological polar surface area (TPSA) is 29.1 Å². The molecule has 1 N–H and O–H groups in total.